The van der Waals surface area contributed by atoms with Gasteiger partial charge < -0.3 is 5.32 Å². The summed E-state index contributed by atoms with van der Waals surface area (Å²) in [5.74, 6) is -0.284. The summed E-state index contributed by atoms with van der Waals surface area (Å²) in [7, 11) is 0. The number of nitrogens with zero attached hydrogens (tertiary/aromatic N) is 4. The van der Waals surface area contributed by atoms with Gasteiger partial charge in [-0.25, -0.2) is 13.9 Å². The highest BCUT2D eigenvalue weighted by Gasteiger charge is 2.28. The molecule has 4 rings (SSSR count). The molecule has 0 saturated heterocycles. The minimum Gasteiger partial charge on any atom is -0.331 e. The SMILES string of the molecule is CCCC(NC(=O)N1CCCc2c1cnn2-c1ccc(F)cc1)c1cncc(SC)c1. The summed E-state index contributed by atoms with van der Waals surface area (Å²) in [5.41, 5.74) is 3.57. The topological polar surface area (TPSA) is 63.1 Å². The fraction of sp³-hybridized carbons (Fsp3) is 0.348. The van der Waals surface area contributed by atoms with E-state index in [9.17, 15) is 9.18 Å². The van der Waals surface area contributed by atoms with Crippen LogP contribution >= 0.6 is 11.8 Å². The molecular formula is C23H26FN5OS. The molecule has 162 valence electrons. The lowest BCUT2D eigenvalue weighted by molar-refractivity contribution is 0.241. The molecule has 1 aromatic carbocycles. The molecule has 6 nitrogen and oxygen atoms in total. The summed E-state index contributed by atoms with van der Waals surface area (Å²) >= 11 is 1.64. The van der Waals surface area contributed by atoms with Gasteiger partial charge in [0.15, 0.2) is 0 Å². The number of pyridine rings is 1. The van der Waals surface area contributed by atoms with Gasteiger partial charge in [-0.15, -0.1) is 11.8 Å². The second-order valence-electron chi connectivity index (χ2n) is 7.57. The van der Waals surface area contributed by atoms with Crippen molar-refractivity contribution in [3.63, 3.8) is 0 Å². The van der Waals surface area contributed by atoms with E-state index in [4.69, 9.17) is 0 Å². The van der Waals surface area contributed by atoms with E-state index in [-0.39, 0.29) is 17.9 Å². The summed E-state index contributed by atoms with van der Waals surface area (Å²) in [6.45, 7) is 2.74. The second-order valence-corrected chi connectivity index (χ2v) is 8.45. The molecule has 0 spiro atoms. The van der Waals surface area contributed by atoms with Gasteiger partial charge in [-0.2, -0.15) is 5.10 Å². The van der Waals surface area contributed by atoms with Crippen molar-refractivity contribution in [2.24, 2.45) is 0 Å². The Balaban J connectivity index is 1.57. The number of nitrogens with one attached hydrogen (secondary N) is 1. The smallest absolute Gasteiger partial charge is 0.322 e. The van der Waals surface area contributed by atoms with Crippen LogP contribution in [0.1, 0.15) is 43.5 Å². The lowest BCUT2D eigenvalue weighted by atomic mass is 10.0. The molecule has 0 fully saturated rings. The van der Waals surface area contributed by atoms with E-state index >= 15 is 0 Å². The molecule has 1 aliphatic heterocycles. The molecule has 0 bridgehead atoms. The quantitative estimate of drug-likeness (QED) is 0.541. The summed E-state index contributed by atoms with van der Waals surface area (Å²) < 4.78 is 15.1. The third kappa shape index (κ3) is 4.58. The minimum atomic E-state index is -0.284. The lowest BCUT2D eigenvalue weighted by Crippen LogP contribution is -2.44. The first-order chi connectivity index (χ1) is 15.1. The predicted molar refractivity (Wildman–Crippen MR) is 121 cm³/mol. The van der Waals surface area contributed by atoms with Crippen molar-refractivity contribution in [1.29, 1.82) is 0 Å². The van der Waals surface area contributed by atoms with Crippen LogP contribution < -0.4 is 10.2 Å². The molecule has 31 heavy (non-hydrogen) atoms. The lowest BCUT2D eigenvalue weighted by Gasteiger charge is -2.29. The van der Waals surface area contributed by atoms with Crippen LogP contribution in [-0.2, 0) is 6.42 Å². The predicted octanol–water partition coefficient (Wildman–Crippen LogP) is 5.13. The Morgan fingerprint density at radius 2 is 2.06 bits per heavy atom. The van der Waals surface area contributed by atoms with Crippen molar-refractivity contribution < 1.29 is 9.18 Å². The van der Waals surface area contributed by atoms with Crippen LogP contribution in [-0.4, -0.2) is 33.6 Å². The summed E-state index contributed by atoms with van der Waals surface area (Å²) in [6.07, 6.45) is 10.8. The fourth-order valence-electron chi connectivity index (χ4n) is 3.94. The van der Waals surface area contributed by atoms with Crippen molar-refractivity contribution in [2.45, 2.75) is 43.5 Å². The molecule has 1 aliphatic rings. The number of urea groups is 1. The first-order valence-electron chi connectivity index (χ1n) is 10.5. The van der Waals surface area contributed by atoms with Gasteiger partial charge in [0.25, 0.3) is 0 Å². The second kappa shape index (κ2) is 9.51. The van der Waals surface area contributed by atoms with Gasteiger partial charge >= 0.3 is 6.03 Å². The number of anilines is 1. The molecule has 1 N–H and O–H groups in total. The average Bonchev–Trinajstić information content (AvgIpc) is 3.23. The summed E-state index contributed by atoms with van der Waals surface area (Å²) in [5, 5.41) is 7.69. The van der Waals surface area contributed by atoms with Gasteiger partial charge in [0, 0.05) is 23.8 Å². The van der Waals surface area contributed by atoms with Crippen molar-refractivity contribution in [1.82, 2.24) is 20.1 Å². The van der Waals surface area contributed by atoms with Crippen LogP contribution in [0, 0.1) is 5.82 Å². The highest BCUT2D eigenvalue weighted by molar-refractivity contribution is 7.98. The van der Waals surface area contributed by atoms with Crippen molar-refractivity contribution >= 4 is 23.5 Å². The standard InChI is InChI=1S/C23H26FN5OS/c1-3-5-20(16-12-19(31-2)14-25-13-16)27-23(30)28-11-4-6-21-22(28)15-26-29(21)18-9-7-17(24)8-10-18/h7-10,12-15,20H,3-6,11H2,1-2H3,(H,27,30). The van der Waals surface area contributed by atoms with Crippen LogP contribution in [0.25, 0.3) is 5.69 Å². The number of hydrogen-bond donors (Lipinski definition) is 1. The Morgan fingerprint density at radius 3 is 2.81 bits per heavy atom. The average molecular weight is 440 g/mol. The zero-order valence-corrected chi connectivity index (χ0v) is 18.5. The molecule has 3 aromatic rings. The Morgan fingerprint density at radius 1 is 1.26 bits per heavy atom. The molecule has 3 heterocycles. The van der Waals surface area contributed by atoms with E-state index in [0.29, 0.717) is 6.54 Å². The van der Waals surface area contributed by atoms with Crippen LogP contribution in [0.2, 0.25) is 0 Å². The van der Waals surface area contributed by atoms with Crippen LogP contribution in [0.3, 0.4) is 0 Å². The Labute approximate surface area is 185 Å². The van der Waals surface area contributed by atoms with Gasteiger partial charge in [0.1, 0.15) is 5.82 Å². The van der Waals surface area contributed by atoms with E-state index in [0.717, 1.165) is 53.2 Å². The number of fused-ring (bicyclic) bond motifs is 1. The maximum absolute atomic E-state index is 13.3. The molecule has 1 atom stereocenters. The Bertz CT molecular complexity index is 1050. The number of aromatic nitrogens is 3. The Kier molecular flexibility index (Phi) is 6.56. The molecule has 0 radical (unpaired) electrons. The molecule has 2 aromatic heterocycles. The molecule has 0 saturated carbocycles. The van der Waals surface area contributed by atoms with Gasteiger partial charge in [0.05, 0.1) is 29.3 Å². The summed E-state index contributed by atoms with van der Waals surface area (Å²) in [6, 6.07) is 8.09. The highest BCUT2D eigenvalue weighted by atomic mass is 32.2. The number of benzene rings is 1. The van der Waals surface area contributed by atoms with E-state index in [1.54, 1.807) is 39.7 Å². The third-order valence-corrected chi connectivity index (χ3v) is 6.19. The maximum atomic E-state index is 13.3. The van der Waals surface area contributed by atoms with Crippen molar-refractivity contribution in [2.75, 3.05) is 17.7 Å². The van der Waals surface area contributed by atoms with Gasteiger partial charge in [-0.3, -0.25) is 9.88 Å². The first kappa shape index (κ1) is 21.4. The van der Waals surface area contributed by atoms with E-state index in [2.05, 4.69) is 28.4 Å². The number of thioether (sulfide) groups is 1. The first-order valence-corrected chi connectivity index (χ1v) is 11.7. The largest absolute Gasteiger partial charge is 0.331 e. The van der Waals surface area contributed by atoms with Gasteiger partial charge in [-0.05, 0) is 61.4 Å². The third-order valence-electron chi connectivity index (χ3n) is 5.50. The maximum Gasteiger partial charge on any atom is 0.322 e. The molecule has 0 aliphatic carbocycles. The monoisotopic (exact) mass is 439 g/mol. The zero-order valence-electron chi connectivity index (χ0n) is 17.7. The minimum absolute atomic E-state index is 0.102. The number of carbonyl (C=O) groups is 1. The molecule has 2 amide bonds. The van der Waals surface area contributed by atoms with Crippen molar-refractivity contribution in [3.05, 3.63) is 66.0 Å². The number of hydrogen-bond acceptors (Lipinski definition) is 4. The zero-order chi connectivity index (χ0) is 21.8. The summed E-state index contributed by atoms with van der Waals surface area (Å²) in [4.78, 5) is 20.4. The number of halogens is 1. The van der Waals surface area contributed by atoms with E-state index in [1.807, 2.05) is 18.6 Å². The van der Waals surface area contributed by atoms with Gasteiger partial charge in [-0.1, -0.05) is 13.3 Å². The highest BCUT2D eigenvalue weighted by Crippen LogP contribution is 2.30. The van der Waals surface area contributed by atoms with Crippen molar-refractivity contribution in [3.8, 4) is 5.69 Å². The van der Waals surface area contributed by atoms with Crippen LogP contribution in [0.5, 0.6) is 0 Å². The number of carbonyl (C=O) groups excluding carboxylic acids is 1. The fourth-order valence-corrected chi connectivity index (χ4v) is 4.36. The number of rotatable bonds is 6. The van der Waals surface area contributed by atoms with E-state index in [1.165, 1.54) is 12.1 Å². The Hall–Kier alpha value is -2.87. The van der Waals surface area contributed by atoms with Crippen LogP contribution in [0.15, 0.2) is 53.8 Å². The van der Waals surface area contributed by atoms with Gasteiger partial charge in [0.2, 0.25) is 0 Å². The van der Waals surface area contributed by atoms with E-state index < -0.39 is 0 Å². The normalized spacial score (nSPS) is 14.2. The molecular weight excluding hydrogens is 413 g/mol. The number of amides is 2. The molecule has 1 unspecified atom stereocenters. The van der Waals surface area contributed by atoms with Crippen LogP contribution in [0.4, 0.5) is 14.9 Å². The molecule has 8 heteroatoms.